The van der Waals surface area contributed by atoms with Crippen LogP contribution in [0.4, 0.5) is 0 Å². The summed E-state index contributed by atoms with van der Waals surface area (Å²) in [6.45, 7) is 5.82. The van der Waals surface area contributed by atoms with E-state index < -0.39 is 0 Å². The molecule has 4 aliphatic rings. The zero-order valence-electron chi connectivity index (χ0n) is 23.9. The summed E-state index contributed by atoms with van der Waals surface area (Å²) in [7, 11) is 1.42. The van der Waals surface area contributed by atoms with E-state index in [1.807, 2.05) is 24.0 Å². The van der Waals surface area contributed by atoms with Crippen LogP contribution in [0.3, 0.4) is 0 Å². The number of nitrogens with zero attached hydrogens (tertiary/aromatic N) is 2. The number of hydrogen-bond donors (Lipinski definition) is 0. The molecule has 0 radical (unpaired) electrons. The molecule has 1 aromatic carbocycles. The number of amides is 1. The molecule has 1 aromatic heterocycles. The third-order valence-electron chi connectivity index (χ3n) is 8.96. The van der Waals surface area contributed by atoms with E-state index in [0.717, 1.165) is 47.9 Å². The van der Waals surface area contributed by atoms with Gasteiger partial charge in [-0.15, -0.1) is 0 Å². The van der Waals surface area contributed by atoms with Crippen molar-refractivity contribution < 1.29 is 19.1 Å². The van der Waals surface area contributed by atoms with Crippen molar-refractivity contribution in [2.24, 2.45) is 0 Å². The highest BCUT2D eigenvalue weighted by atomic mass is 16.5. The standard InChI is InChI=1S/C34H40N2O4/c1-4-27-21-35(19-22(2)40-27)33(37)26-17-24-13-9-6-10-14-28(24)32-31(23-11-7-5-8-12-23)29-16-15-25(34(38)39-3)18-30(29)36(32)20-26/h9-10,13-18,22-23,27H,4-8,11-12,19-21H2,1-3H3/t22-,27+/m0/s1. The van der Waals surface area contributed by atoms with Crippen LogP contribution in [0.5, 0.6) is 0 Å². The van der Waals surface area contributed by atoms with Crippen molar-refractivity contribution in [3.8, 4) is 0 Å². The molecule has 6 nitrogen and oxygen atoms in total. The Hall–Kier alpha value is -3.38. The molecule has 2 atom stereocenters. The van der Waals surface area contributed by atoms with Crippen LogP contribution in [-0.2, 0) is 20.8 Å². The summed E-state index contributed by atoms with van der Waals surface area (Å²) in [5.41, 5.74) is 7.10. The van der Waals surface area contributed by atoms with Crippen LogP contribution < -0.4 is 0 Å². The van der Waals surface area contributed by atoms with Gasteiger partial charge in [-0.2, -0.15) is 0 Å². The molecule has 0 N–H and O–H groups in total. The number of hydrogen-bond acceptors (Lipinski definition) is 4. The first-order chi connectivity index (χ1) is 19.5. The van der Waals surface area contributed by atoms with Gasteiger partial charge < -0.3 is 18.9 Å². The SMILES string of the molecule is CC[C@@H]1CN(C(=O)C2=CC3=C(C=CCC=C3)c3c(C4CCCCC4)c4ccc(C(=O)OC)cc4n3C2)C[C@H](C)O1. The van der Waals surface area contributed by atoms with Crippen LogP contribution in [0, 0.1) is 0 Å². The maximum Gasteiger partial charge on any atom is 0.337 e. The van der Waals surface area contributed by atoms with Crippen molar-refractivity contribution in [2.75, 3.05) is 20.2 Å². The molecule has 2 aliphatic carbocycles. The fourth-order valence-electron chi connectivity index (χ4n) is 7.04. The highest BCUT2D eigenvalue weighted by Gasteiger charge is 2.33. The largest absolute Gasteiger partial charge is 0.465 e. The Bertz CT molecular complexity index is 1450. The summed E-state index contributed by atoms with van der Waals surface area (Å²) < 4.78 is 13.5. The lowest BCUT2D eigenvalue weighted by Gasteiger charge is -2.37. The first kappa shape index (κ1) is 26.8. The number of fused-ring (bicyclic) bond motifs is 4. The number of allylic oxidation sites excluding steroid dienone is 7. The molecule has 0 unspecified atom stereocenters. The van der Waals surface area contributed by atoms with Gasteiger partial charge in [-0.1, -0.05) is 56.6 Å². The van der Waals surface area contributed by atoms with Crippen LogP contribution in [0.2, 0.25) is 0 Å². The molecule has 210 valence electrons. The van der Waals surface area contributed by atoms with Crippen molar-refractivity contribution in [2.45, 2.75) is 83.5 Å². The van der Waals surface area contributed by atoms with Crippen LogP contribution >= 0.6 is 0 Å². The van der Waals surface area contributed by atoms with Gasteiger partial charge in [0.25, 0.3) is 5.91 Å². The third kappa shape index (κ3) is 4.87. The number of ether oxygens (including phenoxy) is 2. The smallest absolute Gasteiger partial charge is 0.337 e. The lowest BCUT2D eigenvalue weighted by Crippen LogP contribution is -2.49. The molecule has 6 rings (SSSR count). The summed E-state index contributed by atoms with van der Waals surface area (Å²) in [4.78, 5) is 28.8. The average molecular weight is 541 g/mol. The van der Waals surface area contributed by atoms with E-state index in [9.17, 15) is 9.59 Å². The second-order valence-electron chi connectivity index (χ2n) is 11.7. The van der Waals surface area contributed by atoms with Crippen LogP contribution in [0.15, 0.2) is 59.7 Å². The van der Waals surface area contributed by atoms with E-state index in [1.54, 1.807) is 0 Å². The fraction of sp³-hybridized carbons (Fsp3) is 0.471. The van der Waals surface area contributed by atoms with Gasteiger partial charge in [-0.3, -0.25) is 4.79 Å². The Morgan fingerprint density at radius 1 is 1.07 bits per heavy atom. The van der Waals surface area contributed by atoms with E-state index >= 15 is 0 Å². The maximum atomic E-state index is 14.2. The van der Waals surface area contributed by atoms with Gasteiger partial charge in [0.15, 0.2) is 0 Å². The summed E-state index contributed by atoms with van der Waals surface area (Å²) in [5, 5.41) is 1.18. The van der Waals surface area contributed by atoms with Gasteiger partial charge in [0.1, 0.15) is 0 Å². The monoisotopic (exact) mass is 540 g/mol. The lowest BCUT2D eigenvalue weighted by molar-refractivity contribution is -0.140. The number of carbonyl (C=O) groups is 2. The van der Waals surface area contributed by atoms with Gasteiger partial charge in [0.2, 0.25) is 0 Å². The van der Waals surface area contributed by atoms with Crippen molar-refractivity contribution >= 4 is 28.4 Å². The molecule has 40 heavy (non-hydrogen) atoms. The Morgan fingerprint density at radius 2 is 1.88 bits per heavy atom. The highest BCUT2D eigenvalue weighted by Crippen LogP contribution is 2.45. The maximum absolute atomic E-state index is 14.2. The molecular formula is C34H40N2O4. The number of aromatic nitrogens is 1. The molecule has 2 fully saturated rings. The topological polar surface area (TPSA) is 60.8 Å². The zero-order chi connectivity index (χ0) is 27.8. The van der Waals surface area contributed by atoms with E-state index in [4.69, 9.17) is 9.47 Å². The van der Waals surface area contributed by atoms with Crippen molar-refractivity contribution in [3.63, 3.8) is 0 Å². The molecular weight excluding hydrogens is 500 g/mol. The first-order valence-electron chi connectivity index (χ1n) is 15.0. The van der Waals surface area contributed by atoms with Crippen molar-refractivity contribution in [1.29, 1.82) is 0 Å². The van der Waals surface area contributed by atoms with E-state index in [2.05, 4.69) is 47.9 Å². The predicted molar refractivity (Wildman–Crippen MR) is 158 cm³/mol. The van der Waals surface area contributed by atoms with E-state index in [1.165, 1.54) is 43.0 Å². The average Bonchev–Trinajstić information content (AvgIpc) is 3.09. The predicted octanol–water partition coefficient (Wildman–Crippen LogP) is 6.71. The number of methoxy groups -OCH3 is 1. The van der Waals surface area contributed by atoms with Crippen molar-refractivity contribution in [1.82, 2.24) is 9.47 Å². The Morgan fingerprint density at radius 3 is 2.65 bits per heavy atom. The van der Waals surface area contributed by atoms with Gasteiger partial charge in [0.05, 0.1) is 37.1 Å². The molecule has 1 amide bonds. The second-order valence-corrected chi connectivity index (χ2v) is 11.7. The highest BCUT2D eigenvalue weighted by molar-refractivity contribution is 6.01. The summed E-state index contributed by atoms with van der Waals surface area (Å²) >= 11 is 0. The van der Waals surface area contributed by atoms with E-state index in [0.29, 0.717) is 31.1 Å². The summed E-state index contributed by atoms with van der Waals surface area (Å²) in [6, 6.07) is 5.95. The van der Waals surface area contributed by atoms with Gasteiger partial charge in [0, 0.05) is 35.1 Å². The fourth-order valence-corrected chi connectivity index (χ4v) is 7.04. The molecule has 2 aliphatic heterocycles. The number of rotatable bonds is 4. The zero-order valence-corrected chi connectivity index (χ0v) is 23.9. The Balaban J connectivity index is 1.55. The Kier molecular flexibility index (Phi) is 7.54. The third-order valence-corrected chi connectivity index (χ3v) is 8.96. The van der Waals surface area contributed by atoms with Gasteiger partial charge in [-0.25, -0.2) is 4.79 Å². The molecule has 6 heteroatoms. The van der Waals surface area contributed by atoms with Gasteiger partial charge in [-0.05, 0) is 67.9 Å². The number of carbonyl (C=O) groups excluding carboxylic acids is 2. The minimum absolute atomic E-state index is 0.00741. The van der Waals surface area contributed by atoms with Gasteiger partial charge >= 0.3 is 5.97 Å². The molecule has 3 heterocycles. The number of morpholine rings is 1. The minimum atomic E-state index is -0.345. The molecule has 0 bridgehead atoms. The molecule has 0 spiro atoms. The lowest BCUT2D eigenvalue weighted by atomic mass is 9.81. The van der Waals surface area contributed by atoms with Crippen LogP contribution in [-0.4, -0.2) is 53.8 Å². The second kappa shape index (κ2) is 11.2. The molecule has 2 aromatic rings. The first-order valence-corrected chi connectivity index (χ1v) is 15.0. The minimum Gasteiger partial charge on any atom is -0.465 e. The van der Waals surface area contributed by atoms with Crippen LogP contribution in [0.1, 0.15) is 86.3 Å². The van der Waals surface area contributed by atoms with E-state index in [-0.39, 0.29) is 24.1 Å². The number of benzene rings is 1. The Labute approximate surface area is 237 Å². The quantitative estimate of drug-likeness (QED) is 0.405. The summed E-state index contributed by atoms with van der Waals surface area (Å²) in [6.07, 6.45) is 18.8. The number of esters is 1. The van der Waals surface area contributed by atoms with Crippen LogP contribution in [0.25, 0.3) is 16.5 Å². The van der Waals surface area contributed by atoms with Crippen molar-refractivity contribution in [3.05, 3.63) is 76.5 Å². The molecule has 1 saturated heterocycles. The normalized spacial score (nSPS) is 23.4. The molecule has 1 saturated carbocycles. The summed E-state index contributed by atoms with van der Waals surface area (Å²) in [5.74, 6) is 0.177.